The number of sulfone groups is 1. The van der Waals surface area contributed by atoms with Crippen LogP contribution in [0.5, 0.6) is 0 Å². The Morgan fingerprint density at radius 1 is 1.53 bits per heavy atom. The largest absolute Gasteiger partial charge is 0.389 e. The summed E-state index contributed by atoms with van der Waals surface area (Å²) >= 11 is 10.9. The van der Waals surface area contributed by atoms with Crippen molar-refractivity contribution >= 4 is 44.3 Å². The molecule has 19 heavy (non-hydrogen) atoms. The molecule has 0 amide bonds. The molecule has 4 nitrogen and oxygen atoms in total. The normalized spacial score (nSPS) is 21.2. The van der Waals surface area contributed by atoms with Gasteiger partial charge < -0.3 is 11.1 Å². The fourth-order valence-corrected chi connectivity index (χ4v) is 4.43. The van der Waals surface area contributed by atoms with Crippen LogP contribution in [0.1, 0.15) is 18.4 Å². The second-order valence-electron chi connectivity index (χ2n) is 4.57. The monoisotopic (exact) mass is 318 g/mol. The number of benzene rings is 1. The van der Waals surface area contributed by atoms with Gasteiger partial charge in [-0.05, 0) is 31.0 Å². The molecule has 1 atom stereocenters. The third-order valence-electron chi connectivity index (χ3n) is 3.23. The molecule has 7 heteroatoms. The summed E-state index contributed by atoms with van der Waals surface area (Å²) in [6.45, 7) is 0.408. The molecule has 1 heterocycles. The van der Waals surface area contributed by atoms with Crippen molar-refractivity contribution in [2.75, 3.05) is 17.6 Å². The van der Waals surface area contributed by atoms with E-state index in [4.69, 9.17) is 29.6 Å². The van der Waals surface area contributed by atoms with Gasteiger partial charge in [-0.3, -0.25) is 0 Å². The van der Waals surface area contributed by atoms with E-state index >= 15 is 0 Å². The van der Waals surface area contributed by atoms with Crippen molar-refractivity contribution in [2.24, 2.45) is 5.73 Å². The number of anilines is 1. The minimum atomic E-state index is -2.93. The van der Waals surface area contributed by atoms with Crippen LogP contribution in [0.15, 0.2) is 18.2 Å². The zero-order chi connectivity index (χ0) is 14.0. The first kappa shape index (κ1) is 14.6. The molecule has 1 aliphatic heterocycles. The molecule has 0 saturated carbocycles. The molecule has 0 bridgehead atoms. The predicted octanol–water partition coefficient (Wildman–Crippen LogP) is 1.96. The molecule has 1 aromatic rings. The highest BCUT2D eigenvalue weighted by Gasteiger charge is 2.30. The Balaban J connectivity index is 2.05. The Labute approximate surface area is 123 Å². The van der Waals surface area contributed by atoms with Crippen LogP contribution in [0, 0.1) is 0 Å². The maximum atomic E-state index is 11.7. The van der Waals surface area contributed by atoms with E-state index in [1.807, 2.05) is 0 Å². The van der Waals surface area contributed by atoms with Crippen molar-refractivity contribution in [3.8, 4) is 0 Å². The van der Waals surface area contributed by atoms with Crippen molar-refractivity contribution in [1.82, 2.24) is 0 Å². The van der Waals surface area contributed by atoms with E-state index in [0.717, 1.165) is 12.1 Å². The highest BCUT2D eigenvalue weighted by atomic mass is 35.5. The molecular weight excluding hydrogens is 304 g/mol. The van der Waals surface area contributed by atoms with Gasteiger partial charge in [0.2, 0.25) is 0 Å². The standard InChI is InChI=1S/C12H15ClN2O2S2/c13-11-6-8(3-4-10(11)12(14)18)15-7-9-2-1-5-19(9,16)17/h3-4,6,9,15H,1-2,5,7H2,(H2,14,18). The quantitative estimate of drug-likeness (QED) is 0.830. The van der Waals surface area contributed by atoms with Crippen LogP contribution in [0.3, 0.4) is 0 Å². The Kier molecular flexibility index (Phi) is 4.32. The molecule has 3 N–H and O–H groups in total. The van der Waals surface area contributed by atoms with E-state index in [2.05, 4.69) is 5.32 Å². The van der Waals surface area contributed by atoms with Gasteiger partial charge >= 0.3 is 0 Å². The van der Waals surface area contributed by atoms with Gasteiger partial charge in [-0.2, -0.15) is 0 Å². The van der Waals surface area contributed by atoms with Gasteiger partial charge in [-0.25, -0.2) is 8.42 Å². The Morgan fingerprint density at radius 3 is 2.79 bits per heavy atom. The first-order valence-corrected chi connectivity index (χ1v) is 8.45. The average molecular weight is 319 g/mol. The third kappa shape index (κ3) is 3.38. The molecule has 0 aromatic heterocycles. The van der Waals surface area contributed by atoms with Gasteiger partial charge in [-0.1, -0.05) is 23.8 Å². The van der Waals surface area contributed by atoms with Gasteiger partial charge in [-0.15, -0.1) is 0 Å². The Bertz CT molecular complexity index is 602. The predicted molar refractivity (Wildman–Crippen MR) is 82.6 cm³/mol. The fourth-order valence-electron chi connectivity index (χ4n) is 2.14. The number of nitrogens with one attached hydrogen (secondary N) is 1. The molecule has 1 fully saturated rings. The SMILES string of the molecule is NC(=S)c1ccc(NCC2CCCS2(=O)=O)cc1Cl. The van der Waals surface area contributed by atoms with Gasteiger partial charge in [0.1, 0.15) is 4.99 Å². The second kappa shape index (κ2) is 5.64. The number of halogens is 1. The highest BCUT2D eigenvalue weighted by molar-refractivity contribution is 7.92. The number of rotatable bonds is 4. The molecule has 0 aliphatic carbocycles. The molecular formula is C12H15ClN2O2S2. The van der Waals surface area contributed by atoms with Crippen molar-refractivity contribution in [3.05, 3.63) is 28.8 Å². The summed E-state index contributed by atoms with van der Waals surface area (Å²) in [5, 5.41) is 3.26. The zero-order valence-corrected chi connectivity index (χ0v) is 12.6. The summed E-state index contributed by atoms with van der Waals surface area (Å²) in [6.07, 6.45) is 1.46. The van der Waals surface area contributed by atoms with E-state index in [0.29, 0.717) is 29.3 Å². The second-order valence-corrected chi connectivity index (χ2v) is 7.82. The van der Waals surface area contributed by atoms with Crippen LogP contribution in [0.25, 0.3) is 0 Å². The summed E-state index contributed by atoms with van der Waals surface area (Å²) in [6, 6.07) is 5.23. The Morgan fingerprint density at radius 2 is 2.26 bits per heavy atom. The van der Waals surface area contributed by atoms with Crippen LogP contribution in [0.2, 0.25) is 5.02 Å². The topological polar surface area (TPSA) is 72.2 Å². The molecule has 1 aromatic carbocycles. The van der Waals surface area contributed by atoms with Crippen LogP contribution >= 0.6 is 23.8 Å². The van der Waals surface area contributed by atoms with Crippen molar-refractivity contribution < 1.29 is 8.42 Å². The van der Waals surface area contributed by atoms with Crippen LogP contribution in [0.4, 0.5) is 5.69 Å². The summed E-state index contributed by atoms with van der Waals surface area (Å²) in [5.74, 6) is 0.292. The van der Waals surface area contributed by atoms with Crippen molar-refractivity contribution in [3.63, 3.8) is 0 Å². The molecule has 0 spiro atoms. The van der Waals surface area contributed by atoms with Crippen molar-refractivity contribution in [2.45, 2.75) is 18.1 Å². The molecule has 2 rings (SSSR count). The van der Waals surface area contributed by atoms with Crippen LogP contribution in [-0.4, -0.2) is 31.0 Å². The van der Waals surface area contributed by atoms with E-state index in [-0.39, 0.29) is 10.2 Å². The van der Waals surface area contributed by atoms with Gasteiger partial charge in [0.15, 0.2) is 9.84 Å². The number of hydrogen-bond donors (Lipinski definition) is 2. The zero-order valence-electron chi connectivity index (χ0n) is 10.2. The number of thiocarbonyl (C=S) groups is 1. The lowest BCUT2D eigenvalue weighted by Gasteiger charge is -2.13. The summed E-state index contributed by atoms with van der Waals surface area (Å²) < 4.78 is 23.4. The lowest BCUT2D eigenvalue weighted by atomic mass is 10.2. The molecule has 0 radical (unpaired) electrons. The van der Waals surface area contributed by atoms with Gasteiger partial charge in [0.05, 0.1) is 16.0 Å². The maximum Gasteiger partial charge on any atom is 0.154 e. The lowest BCUT2D eigenvalue weighted by molar-refractivity contribution is 0.591. The first-order valence-electron chi connectivity index (χ1n) is 5.95. The van der Waals surface area contributed by atoms with Gasteiger partial charge in [0.25, 0.3) is 0 Å². The molecule has 104 valence electrons. The van der Waals surface area contributed by atoms with Crippen molar-refractivity contribution in [1.29, 1.82) is 0 Å². The average Bonchev–Trinajstić information content (AvgIpc) is 2.65. The number of hydrogen-bond acceptors (Lipinski definition) is 4. The minimum absolute atomic E-state index is 0.245. The van der Waals surface area contributed by atoms with E-state index < -0.39 is 9.84 Å². The Hall–Kier alpha value is -0.850. The maximum absolute atomic E-state index is 11.7. The van der Waals surface area contributed by atoms with Crippen LogP contribution in [-0.2, 0) is 9.84 Å². The summed E-state index contributed by atoms with van der Waals surface area (Å²) in [7, 11) is -2.93. The van der Waals surface area contributed by atoms with E-state index in [1.165, 1.54) is 0 Å². The highest BCUT2D eigenvalue weighted by Crippen LogP contribution is 2.23. The minimum Gasteiger partial charge on any atom is -0.389 e. The van der Waals surface area contributed by atoms with Gasteiger partial charge in [0, 0.05) is 17.8 Å². The molecule has 1 unspecified atom stereocenters. The summed E-state index contributed by atoms with van der Waals surface area (Å²) in [5.41, 5.74) is 6.91. The van der Waals surface area contributed by atoms with E-state index in [9.17, 15) is 8.42 Å². The van der Waals surface area contributed by atoms with E-state index in [1.54, 1.807) is 18.2 Å². The third-order valence-corrected chi connectivity index (χ3v) is 6.04. The number of nitrogens with two attached hydrogens (primary N) is 1. The first-order chi connectivity index (χ1) is 8.90. The molecule has 1 saturated heterocycles. The van der Waals surface area contributed by atoms with Crippen LogP contribution < -0.4 is 11.1 Å². The lowest BCUT2D eigenvalue weighted by Crippen LogP contribution is -2.25. The smallest absolute Gasteiger partial charge is 0.154 e. The molecule has 1 aliphatic rings. The summed E-state index contributed by atoms with van der Waals surface area (Å²) in [4.78, 5) is 0.245. The fraction of sp³-hybridized carbons (Fsp3) is 0.417.